The largest absolute Gasteiger partial charge is 0.351 e. The minimum absolute atomic E-state index is 0.172. The van der Waals surface area contributed by atoms with Crippen molar-refractivity contribution in [1.29, 1.82) is 5.26 Å². The van der Waals surface area contributed by atoms with Gasteiger partial charge in [-0.1, -0.05) is 44.2 Å². The molecule has 7 heteroatoms. The molecule has 1 aliphatic heterocycles. The van der Waals surface area contributed by atoms with Crippen molar-refractivity contribution in [2.45, 2.75) is 26.8 Å². The lowest BCUT2D eigenvalue weighted by atomic mass is 9.99. The Morgan fingerprint density at radius 2 is 1.87 bits per heavy atom. The van der Waals surface area contributed by atoms with E-state index >= 15 is 0 Å². The molecule has 1 aliphatic rings. The number of rotatable bonds is 3. The smallest absolute Gasteiger partial charge is 0.214 e. The Morgan fingerprint density at radius 1 is 1.13 bits per heavy atom. The van der Waals surface area contributed by atoms with Gasteiger partial charge in [0.2, 0.25) is 12.2 Å². The van der Waals surface area contributed by atoms with Crippen LogP contribution in [0.2, 0.25) is 0 Å². The number of guanidine groups is 1. The molecule has 1 saturated heterocycles. The van der Waals surface area contributed by atoms with Gasteiger partial charge in [0.15, 0.2) is 0 Å². The zero-order valence-electron chi connectivity index (χ0n) is 18.2. The van der Waals surface area contributed by atoms with Gasteiger partial charge >= 0.3 is 0 Å². The van der Waals surface area contributed by atoms with Crippen LogP contribution in [0, 0.1) is 24.3 Å². The van der Waals surface area contributed by atoms with Crippen molar-refractivity contribution < 1.29 is 0 Å². The number of aryl methyl sites for hydroxylation is 1. The second kappa shape index (κ2) is 9.00. The number of hydrogen-bond donors (Lipinski definition) is 1. The van der Waals surface area contributed by atoms with Gasteiger partial charge in [0.1, 0.15) is 5.82 Å². The van der Waals surface area contributed by atoms with Gasteiger partial charge in [0.05, 0.1) is 23.3 Å². The maximum atomic E-state index is 9.34. The van der Waals surface area contributed by atoms with Gasteiger partial charge in [-0.05, 0) is 36.6 Å². The second-order valence-electron chi connectivity index (χ2n) is 8.14. The highest BCUT2D eigenvalue weighted by Gasteiger charge is 2.32. The summed E-state index contributed by atoms with van der Waals surface area (Å²) in [4.78, 5) is 18.0. The molecule has 0 spiro atoms. The van der Waals surface area contributed by atoms with E-state index in [1.807, 2.05) is 67.8 Å². The lowest BCUT2D eigenvalue weighted by Gasteiger charge is -2.45. The van der Waals surface area contributed by atoms with Gasteiger partial charge < -0.3 is 15.1 Å². The standard InChI is InChI=1S/C24H27N7/c1-17(2)22-15-30(23-14-26-20-10-6-7-11-21(20)28-23)12-13-31(22)24(27-16-25)29-19-9-5-4-8-18(19)3/h4-11,14,17,22H,12-13,15H2,1-3H3,(H,27,29). The van der Waals surface area contributed by atoms with E-state index in [2.05, 4.69) is 38.9 Å². The fourth-order valence-corrected chi connectivity index (χ4v) is 4.00. The maximum Gasteiger partial charge on any atom is 0.214 e. The van der Waals surface area contributed by atoms with Crippen molar-refractivity contribution in [3.8, 4) is 6.19 Å². The van der Waals surface area contributed by atoms with Crippen LogP contribution >= 0.6 is 0 Å². The van der Waals surface area contributed by atoms with Crippen LogP contribution in [0.5, 0.6) is 0 Å². The summed E-state index contributed by atoms with van der Waals surface area (Å²) in [6.45, 7) is 8.73. The Balaban J connectivity index is 1.59. The predicted octanol–water partition coefficient (Wildman–Crippen LogP) is 4.03. The van der Waals surface area contributed by atoms with Crippen LogP contribution < -0.4 is 10.2 Å². The number of hydrogen-bond acceptors (Lipinski definition) is 5. The molecule has 7 nitrogen and oxygen atoms in total. The predicted molar refractivity (Wildman–Crippen MR) is 125 cm³/mol. The number of nitriles is 1. The molecule has 158 valence electrons. The average Bonchev–Trinajstić information content (AvgIpc) is 2.79. The summed E-state index contributed by atoms with van der Waals surface area (Å²) in [6.07, 6.45) is 3.83. The number of nitrogens with one attached hydrogen (secondary N) is 1. The third kappa shape index (κ3) is 4.43. The van der Waals surface area contributed by atoms with Gasteiger partial charge in [-0.2, -0.15) is 5.26 Å². The first-order valence-corrected chi connectivity index (χ1v) is 10.6. The van der Waals surface area contributed by atoms with Crippen molar-refractivity contribution in [3.05, 3.63) is 60.3 Å². The average molecular weight is 414 g/mol. The Bertz CT molecular complexity index is 1130. The first-order valence-electron chi connectivity index (χ1n) is 10.6. The van der Waals surface area contributed by atoms with Crippen LogP contribution in [0.4, 0.5) is 11.5 Å². The maximum absolute atomic E-state index is 9.34. The Morgan fingerprint density at radius 3 is 2.61 bits per heavy atom. The fraction of sp³-hybridized carbons (Fsp3) is 0.333. The first-order chi connectivity index (χ1) is 15.1. The van der Waals surface area contributed by atoms with Crippen LogP contribution in [0.15, 0.2) is 59.7 Å². The summed E-state index contributed by atoms with van der Waals surface area (Å²) in [7, 11) is 0. The minimum Gasteiger partial charge on any atom is -0.351 e. The van der Waals surface area contributed by atoms with Gasteiger partial charge in [-0.3, -0.25) is 4.98 Å². The third-order valence-electron chi connectivity index (χ3n) is 5.77. The quantitative estimate of drug-likeness (QED) is 0.397. The normalized spacial score (nSPS) is 17.1. The third-order valence-corrected chi connectivity index (χ3v) is 5.77. The molecule has 2 heterocycles. The summed E-state index contributed by atoms with van der Waals surface area (Å²) in [5.41, 5.74) is 3.87. The summed E-state index contributed by atoms with van der Waals surface area (Å²) in [5.74, 6) is 1.84. The van der Waals surface area contributed by atoms with Crippen LogP contribution in [-0.2, 0) is 0 Å². The topological polar surface area (TPSA) is 80.4 Å². The van der Waals surface area contributed by atoms with E-state index in [1.165, 1.54) is 0 Å². The molecular weight excluding hydrogens is 386 g/mol. The molecule has 0 aliphatic carbocycles. The molecule has 2 aromatic carbocycles. The molecular formula is C24H27N7. The van der Waals surface area contributed by atoms with E-state index in [0.717, 1.165) is 47.7 Å². The molecule has 1 N–H and O–H groups in total. The summed E-state index contributed by atoms with van der Waals surface area (Å²) >= 11 is 0. The highest BCUT2D eigenvalue weighted by molar-refractivity contribution is 5.95. The van der Waals surface area contributed by atoms with E-state index in [9.17, 15) is 5.26 Å². The van der Waals surface area contributed by atoms with Crippen molar-refractivity contribution in [1.82, 2.24) is 14.9 Å². The number of piperazine rings is 1. The number of anilines is 2. The lowest BCUT2D eigenvalue weighted by molar-refractivity contribution is 0.224. The highest BCUT2D eigenvalue weighted by atomic mass is 15.4. The molecule has 0 amide bonds. The van der Waals surface area contributed by atoms with E-state index < -0.39 is 0 Å². The van der Waals surface area contributed by atoms with E-state index in [0.29, 0.717) is 11.9 Å². The van der Waals surface area contributed by atoms with Crippen LogP contribution in [-0.4, -0.2) is 46.5 Å². The molecule has 0 radical (unpaired) electrons. The summed E-state index contributed by atoms with van der Waals surface area (Å²) in [5, 5.41) is 12.7. The second-order valence-corrected chi connectivity index (χ2v) is 8.14. The fourth-order valence-electron chi connectivity index (χ4n) is 4.00. The van der Waals surface area contributed by atoms with Crippen molar-refractivity contribution in [2.24, 2.45) is 10.9 Å². The van der Waals surface area contributed by atoms with E-state index in [1.54, 1.807) is 0 Å². The minimum atomic E-state index is 0.172. The van der Waals surface area contributed by atoms with Gasteiger partial charge in [0, 0.05) is 25.3 Å². The molecule has 0 saturated carbocycles. The molecule has 1 atom stereocenters. The van der Waals surface area contributed by atoms with Crippen molar-refractivity contribution >= 4 is 28.5 Å². The molecule has 1 aromatic heterocycles. The monoisotopic (exact) mass is 413 g/mol. The Kier molecular flexibility index (Phi) is 5.99. The molecule has 31 heavy (non-hydrogen) atoms. The highest BCUT2D eigenvalue weighted by Crippen LogP contribution is 2.24. The lowest BCUT2D eigenvalue weighted by Crippen LogP contribution is -2.58. The molecule has 1 unspecified atom stereocenters. The summed E-state index contributed by atoms with van der Waals surface area (Å²) < 4.78 is 0. The first kappa shape index (κ1) is 20.6. The van der Waals surface area contributed by atoms with Crippen LogP contribution in [0.1, 0.15) is 19.4 Å². The van der Waals surface area contributed by atoms with E-state index in [4.69, 9.17) is 4.98 Å². The zero-order valence-corrected chi connectivity index (χ0v) is 18.2. The summed E-state index contributed by atoms with van der Waals surface area (Å²) in [6, 6.07) is 16.1. The SMILES string of the molecule is Cc1ccccc1N/C(=N/C#N)N1CCN(c2cnc3ccccc3n2)CC1C(C)C. The van der Waals surface area contributed by atoms with Gasteiger partial charge in [0.25, 0.3) is 0 Å². The number of aliphatic imine (C=N–C) groups is 1. The molecule has 4 rings (SSSR count). The number of benzene rings is 2. The molecule has 3 aromatic rings. The Hall–Kier alpha value is -3.66. The van der Waals surface area contributed by atoms with Crippen LogP contribution in [0.25, 0.3) is 11.0 Å². The number of nitrogens with zero attached hydrogens (tertiary/aromatic N) is 6. The van der Waals surface area contributed by atoms with Gasteiger partial charge in [-0.25, -0.2) is 4.98 Å². The number of fused-ring (bicyclic) bond motifs is 1. The van der Waals surface area contributed by atoms with E-state index in [-0.39, 0.29) is 6.04 Å². The molecule has 1 fully saturated rings. The number of para-hydroxylation sites is 3. The number of aromatic nitrogens is 2. The van der Waals surface area contributed by atoms with Crippen molar-refractivity contribution in [3.63, 3.8) is 0 Å². The zero-order chi connectivity index (χ0) is 21.8. The van der Waals surface area contributed by atoms with Crippen molar-refractivity contribution in [2.75, 3.05) is 29.9 Å². The van der Waals surface area contributed by atoms with Gasteiger partial charge in [-0.15, -0.1) is 4.99 Å². The molecule has 0 bridgehead atoms. The van der Waals surface area contributed by atoms with Crippen LogP contribution in [0.3, 0.4) is 0 Å². The Labute approximate surface area is 183 Å².